The van der Waals surface area contributed by atoms with Crippen molar-refractivity contribution in [2.24, 2.45) is 5.41 Å². The van der Waals surface area contributed by atoms with Crippen molar-refractivity contribution in [1.82, 2.24) is 20.6 Å². The number of carboxylic acid groups (broad SMARTS) is 1. The number of carbonyl (C=O) groups is 2. The van der Waals surface area contributed by atoms with Crippen molar-refractivity contribution in [1.29, 1.82) is 0 Å². The van der Waals surface area contributed by atoms with Crippen LogP contribution in [0.25, 0.3) is 0 Å². The maximum absolute atomic E-state index is 13.4. The first-order valence-electron chi connectivity index (χ1n) is 14.6. The summed E-state index contributed by atoms with van der Waals surface area (Å²) in [5, 5.41) is 26.9. The maximum atomic E-state index is 13.4. The first-order chi connectivity index (χ1) is 19.8. The van der Waals surface area contributed by atoms with E-state index in [1.54, 1.807) is 12.3 Å². The second-order valence-electron chi connectivity index (χ2n) is 11.3. The quantitative estimate of drug-likeness (QED) is 0.268. The van der Waals surface area contributed by atoms with Gasteiger partial charge in [0.25, 0.3) is 5.91 Å². The molecule has 11 heteroatoms. The summed E-state index contributed by atoms with van der Waals surface area (Å²) in [6.45, 7) is 6.78. The van der Waals surface area contributed by atoms with Gasteiger partial charge in [-0.05, 0) is 38.2 Å². The highest BCUT2D eigenvalue weighted by molar-refractivity contribution is 5.83. The molecule has 224 valence electrons. The molecule has 1 saturated heterocycles. The second kappa shape index (κ2) is 14.0. The lowest BCUT2D eigenvalue weighted by Gasteiger charge is -2.49. The second-order valence-corrected chi connectivity index (χ2v) is 11.3. The summed E-state index contributed by atoms with van der Waals surface area (Å²) < 4.78 is 11.6. The van der Waals surface area contributed by atoms with E-state index in [-0.39, 0.29) is 19.1 Å². The Kier molecular flexibility index (Phi) is 10.4. The number of rotatable bonds is 14. The summed E-state index contributed by atoms with van der Waals surface area (Å²) in [6, 6.07) is 10.8. The summed E-state index contributed by atoms with van der Waals surface area (Å²) in [4.78, 5) is 36.5. The van der Waals surface area contributed by atoms with Gasteiger partial charge in [-0.1, -0.05) is 56.5 Å². The number of hydrogen-bond donors (Lipinski definition) is 4. The highest BCUT2D eigenvalue weighted by Crippen LogP contribution is 2.49. The Hall–Kier alpha value is -3.44. The molecule has 2 heterocycles. The molecule has 1 aliphatic carbocycles. The third-order valence-electron chi connectivity index (χ3n) is 8.30. The van der Waals surface area contributed by atoms with E-state index in [0.29, 0.717) is 51.0 Å². The number of hydrogen-bond acceptors (Lipinski definition) is 8. The number of aromatic nitrogens is 2. The third kappa shape index (κ3) is 7.85. The Balaban J connectivity index is 1.52. The molecule has 2 unspecified atom stereocenters. The minimum absolute atomic E-state index is 0.266. The summed E-state index contributed by atoms with van der Waals surface area (Å²) in [6.07, 6.45) is 3.36. The number of unbranched alkanes of at least 4 members (excludes halogenated alkanes) is 1. The predicted octanol–water partition coefficient (Wildman–Crippen LogP) is 3.69. The summed E-state index contributed by atoms with van der Waals surface area (Å²) in [7, 11) is 0. The topological polar surface area (TPSA) is 146 Å². The molecule has 3 atom stereocenters. The lowest BCUT2D eigenvalue weighted by atomic mass is 9.61. The molecular weight excluding hydrogens is 526 g/mol. The standard InChI is InChI=1S/C30H43N5O6/c1-3-4-14-30(34-28(38)39,25(36)26(37)32-22(2)23-9-6-5-7-10-23)20-29(12-8-13-29)21-41-24-11-15-31-27(33-24)35-16-18-40-19-17-35/h5-7,9-11,15,22,25,34,36H,3-4,8,12-14,16-21H2,1-2H3,(H,32,37)(H,38,39)/t22-,25?,30?/m1/s1. The molecule has 1 aromatic heterocycles. The molecule has 1 aromatic carbocycles. The van der Waals surface area contributed by atoms with E-state index < -0.39 is 29.1 Å². The van der Waals surface area contributed by atoms with Crippen molar-refractivity contribution >= 4 is 17.9 Å². The van der Waals surface area contributed by atoms with Crippen LogP contribution in [0.1, 0.15) is 70.4 Å². The van der Waals surface area contributed by atoms with Crippen molar-refractivity contribution in [2.75, 3.05) is 37.8 Å². The fraction of sp³-hybridized carbons (Fsp3) is 0.600. The number of ether oxygens (including phenoxy) is 2. The number of nitrogens with zero attached hydrogens (tertiary/aromatic N) is 3. The molecule has 4 N–H and O–H groups in total. The van der Waals surface area contributed by atoms with E-state index in [2.05, 4.69) is 20.6 Å². The summed E-state index contributed by atoms with van der Waals surface area (Å²) >= 11 is 0. The van der Waals surface area contributed by atoms with Gasteiger partial charge in [0.05, 0.1) is 31.4 Å². The molecule has 0 bridgehead atoms. The maximum Gasteiger partial charge on any atom is 0.405 e. The number of amides is 2. The smallest absolute Gasteiger partial charge is 0.405 e. The van der Waals surface area contributed by atoms with Gasteiger partial charge in [-0.15, -0.1) is 0 Å². The zero-order valence-corrected chi connectivity index (χ0v) is 24.1. The number of morpholine rings is 1. The normalized spacial score (nSPS) is 19.2. The van der Waals surface area contributed by atoms with E-state index in [1.807, 2.05) is 49.1 Å². The molecule has 2 fully saturated rings. The van der Waals surface area contributed by atoms with Gasteiger partial charge in [-0.25, -0.2) is 9.78 Å². The lowest BCUT2D eigenvalue weighted by molar-refractivity contribution is -0.137. The van der Waals surface area contributed by atoms with Gasteiger partial charge < -0.3 is 35.2 Å². The largest absolute Gasteiger partial charge is 0.477 e. The average molecular weight is 570 g/mol. The molecule has 4 rings (SSSR count). The molecule has 11 nitrogen and oxygen atoms in total. The monoisotopic (exact) mass is 569 g/mol. The number of anilines is 1. The van der Waals surface area contributed by atoms with Crippen molar-refractivity contribution < 1.29 is 29.3 Å². The molecule has 0 radical (unpaired) electrons. The van der Waals surface area contributed by atoms with Crippen LogP contribution in [0, 0.1) is 5.41 Å². The minimum Gasteiger partial charge on any atom is -0.477 e. The molecular formula is C30H43N5O6. The number of aliphatic hydroxyl groups is 1. The van der Waals surface area contributed by atoms with Gasteiger partial charge in [0.15, 0.2) is 6.10 Å². The van der Waals surface area contributed by atoms with Crippen LogP contribution < -0.4 is 20.3 Å². The van der Waals surface area contributed by atoms with E-state index in [1.165, 1.54) is 0 Å². The van der Waals surface area contributed by atoms with Gasteiger partial charge in [0.2, 0.25) is 11.8 Å². The SMILES string of the molecule is CCCCC(CC1(COc2ccnc(N3CCOCC3)n2)CCC1)(NC(=O)O)C(O)C(=O)N[C@H](C)c1ccccc1. The highest BCUT2D eigenvalue weighted by Gasteiger charge is 2.51. The van der Waals surface area contributed by atoms with E-state index in [0.717, 1.165) is 31.2 Å². The summed E-state index contributed by atoms with van der Waals surface area (Å²) in [5.74, 6) is 0.415. The zero-order chi connectivity index (χ0) is 29.3. The van der Waals surface area contributed by atoms with Crippen LogP contribution in [0.3, 0.4) is 0 Å². The van der Waals surface area contributed by atoms with Crippen molar-refractivity contribution in [2.45, 2.75) is 76.5 Å². The summed E-state index contributed by atoms with van der Waals surface area (Å²) in [5.41, 5.74) is -0.910. The number of nitrogens with one attached hydrogen (secondary N) is 2. The molecule has 2 aliphatic rings. The van der Waals surface area contributed by atoms with Crippen LogP contribution in [-0.2, 0) is 9.53 Å². The van der Waals surface area contributed by atoms with Gasteiger partial charge in [-0.2, -0.15) is 4.98 Å². The third-order valence-corrected chi connectivity index (χ3v) is 8.30. The molecule has 2 amide bonds. The van der Waals surface area contributed by atoms with E-state index in [9.17, 15) is 19.8 Å². The van der Waals surface area contributed by atoms with E-state index >= 15 is 0 Å². The molecule has 41 heavy (non-hydrogen) atoms. The van der Waals surface area contributed by atoms with Crippen LogP contribution in [0.5, 0.6) is 5.88 Å². The van der Waals surface area contributed by atoms with Crippen LogP contribution in [0.15, 0.2) is 42.6 Å². The molecule has 1 aliphatic heterocycles. The van der Waals surface area contributed by atoms with Gasteiger partial charge >= 0.3 is 6.09 Å². The first kappa shape index (κ1) is 30.5. The van der Waals surface area contributed by atoms with Crippen LogP contribution in [0.2, 0.25) is 0 Å². The van der Waals surface area contributed by atoms with Gasteiger partial charge in [0.1, 0.15) is 0 Å². The lowest BCUT2D eigenvalue weighted by Crippen LogP contribution is -2.64. The molecule has 1 saturated carbocycles. The Morgan fingerprint density at radius 3 is 2.56 bits per heavy atom. The Bertz CT molecular complexity index is 1140. The van der Waals surface area contributed by atoms with Gasteiger partial charge in [0, 0.05) is 30.8 Å². The molecule has 0 spiro atoms. The van der Waals surface area contributed by atoms with Crippen LogP contribution in [0.4, 0.5) is 10.7 Å². The number of carbonyl (C=O) groups excluding carboxylic acids is 1. The van der Waals surface area contributed by atoms with Crippen molar-refractivity contribution in [3.8, 4) is 5.88 Å². The first-order valence-corrected chi connectivity index (χ1v) is 14.6. The van der Waals surface area contributed by atoms with Crippen molar-refractivity contribution in [3.63, 3.8) is 0 Å². The Morgan fingerprint density at radius 1 is 1.20 bits per heavy atom. The average Bonchev–Trinajstić information content (AvgIpc) is 2.97. The fourth-order valence-corrected chi connectivity index (χ4v) is 5.84. The fourth-order valence-electron chi connectivity index (χ4n) is 5.84. The highest BCUT2D eigenvalue weighted by atomic mass is 16.5. The molecule has 2 aromatic rings. The Labute approximate surface area is 241 Å². The number of aliphatic hydroxyl groups excluding tert-OH is 1. The van der Waals surface area contributed by atoms with Crippen LogP contribution in [-0.4, -0.2) is 76.7 Å². The minimum atomic E-state index is -1.58. The van der Waals surface area contributed by atoms with E-state index in [4.69, 9.17) is 9.47 Å². The van der Waals surface area contributed by atoms with Crippen molar-refractivity contribution in [3.05, 3.63) is 48.2 Å². The number of benzene rings is 1. The zero-order valence-electron chi connectivity index (χ0n) is 24.1. The van der Waals surface area contributed by atoms with Crippen LogP contribution >= 0.6 is 0 Å². The Morgan fingerprint density at radius 2 is 1.93 bits per heavy atom. The van der Waals surface area contributed by atoms with Gasteiger partial charge in [-0.3, -0.25) is 4.79 Å². The predicted molar refractivity (Wildman–Crippen MR) is 154 cm³/mol.